The Labute approximate surface area is 133 Å². The molecule has 1 N–H and O–H groups in total. The van der Waals surface area contributed by atoms with Crippen molar-refractivity contribution in [3.63, 3.8) is 0 Å². The van der Waals surface area contributed by atoms with Gasteiger partial charge in [0.25, 0.3) is 11.1 Å². The van der Waals surface area contributed by atoms with Crippen molar-refractivity contribution >= 4 is 35.4 Å². The molecule has 0 aliphatic carbocycles. The molecule has 9 heteroatoms. The third-order valence-corrected chi connectivity index (χ3v) is 3.80. The van der Waals surface area contributed by atoms with Gasteiger partial charge in [-0.15, -0.1) is 0 Å². The first-order valence-corrected chi connectivity index (χ1v) is 7.22. The number of esters is 1. The summed E-state index contributed by atoms with van der Waals surface area (Å²) >= 11 is 4.90. The summed E-state index contributed by atoms with van der Waals surface area (Å²) in [5.74, 6) is -1.38. The van der Waals surface area contributed by atoms with E-state index in [0.717, 1.165) is 4.90 Å². The first-order valence-electron chi connectivity index (χ1n) is 6.81. The number of thiocarbonyl (C=S) groups is 1. The molecule has 0 aromatic rings. The topological polar surface area (TPSA) is 94.2 Å². The lowest BCUT2D eigenvalue weighted by Gasteiger charge is -2.31. The molecule has 2 saturated heterocycles. The molecule has 2 aliphatic heterocycles. The molecule has 2 aliphatic rings. The van der Waals surface area contributed by atoms with Crippen LogP contribution in [0.15, 0.2) is 0 Å². The molecule has 2 amide bonds. The first kappa shape index (κ1) is 16.5. The average Bonchev–Trinajstić information content (AvgIpc) is 2.87. The second-order valence-electron chi connectivity index (χ2n) is 5.84. The number of carbonyl (C=O) groups is 3. The molecular formula is C13H18N2O6S. The van der Waals surface area contributed by atoms with E-state index >= 15 is 0 Å². The number of ether oxygens (including phenoxy) is 3. The highest BCUT2D eigenvalue weighted by atomic mass is 32.1. The van der Waals surface area contributed by atoms with Gasteiger partial charge in [-0.25, -0.2) is 14.5 Å². The van der Waals surface area contributed by atoms with E-state index in [9.17, 15) is 14.4 Å². The Morgan fingerprint density at radius 1 is 1.45 bits per heavy atom. The highest BCUT2D eigenvalue weighted by Gasteiger charge is 2.59. The second kappa shape index (κ2) is 5.38. The Hall–Kier alpha value is -1.90. The highest BCUT2D eigenvalue weighted by molar-refractivity contribution is 7.80. The minimum absolute atomic E-state index is 0.0751. The van der Waals surface area contributed by atoms with Crippen molar-refractivity contribution in [2.24, 2.45) is 0 Å². The fraction of sp³-hybridized carbons (Fsp3) is 0.692. The number of nitrogens with zero attached hydrogens (tertiary/aromatic N) is 1. The van der Waals surface area contributed by atoms with Crippen LogP contribution in [0, 0.1) is 0 Å². The predicted octanol–water partition coefficient (Wildman–Crippen LogP) is 0.339. The molecule has 122 valence electrons. The number of cyclic esters (lactones) is 1. The molecule has 0 radical (unpaired) electrons. The number of hydrogen-bond donors (Lipinski definition) is 1. The molecule has 0 aromatic heterocycles. The number of rotatable bonds is 3. The van der Waals surface area contributed by atoms with Gasteiger partial charge in [-0.1, -0.05) is 0 Å². The van der Waals surface area contributed by atoms with Gasteiger partial charge in [0.15, 0.2) is 6.04 Å². The van der Waals surface area contributed by atoms with E-state index in [0.29, 0.717) is 0 Å². The molecule has 0 aromatic carbocycles. The number of amides is 2. The fourth-order valence-electron chi connectivity index (χ4n) is 2.40. The lowest BCUT2D eigenvalue weighted by atomic mass is 9.94. The number of imide groups is 1. The van der Waals surface area contributed by atoms with Crippen molar-refractivity contribution in [3.05, 3.63) is 0 Å². The number of carbonyl (C=O) groups excluding carboxylic acids is 3. The molecule has 2 fully saturated rings. The molecule has 2 rings (SSSR count). The van der Waals surface area contributed by atoms with Gasteiger partial charge in [0.2, 0.25) is 5.60 Å². The molecule has 0 saturated carbocycles. The van der Waals surface area contributed by atoms with Crippen molar-refractivity contribution in [1.29, 1.82) is 0 Å². The summed E-state index contributed by atoms with van der Waals surface area (Å²) in [6, 6.07) is -1.16. The lowest BCUT2D eigenvalue weighted by Crippen LogP contribution is -2.60. The second-order valence-corrected chi connectivity index (χ2v) is 6.21. The quantitative estimate of drug-likeness (QED) is 0.585. The maximum Gasteiger partial charge on any atom is 0.417 e. The number of nitrogens with one attached hydrogen (secondary N) is 1. The van der Waals surface area contributed by atoms with E-state index in [4.69, 9.17) is 26.4 Å². The Balaban J connectivity index is 2.33. The van der Waals surface area contributed by atoms with Gasteiger partial charge >= 0.3 is 12.1 Å². The van der Waals surface area contributed by atoms with Crippen LogP contribution in [-0.2, 0) is 23.8 Å². The fourth-order valence-corrected chi connectivity index (χ4v) is 2.69. The van der Waals surface area contributed by atoms with E-state index in [1.807, 2.05) is 0 Å². The Morgan fingerprint density at radius 3 is 2.59 bits per heavy atom. The van der Waals surface area contributed by atoms with Crippen LogP contribution in [0.3, 0.4) is 0 Å². The van der Waals surface area contributed by atoms with Crippen molar-refractivity contribution in [2.75, 3.05) is 13.2 Å². The number of hydrogen-bond acceptors (Lipinski definition) is 7. The molecular weight excluding hydrogens is 312 g/mol. The summed E-state index contributed by atoms with van der Waals surface area (Å²) in [5.41, 5.74) is -2.46. The Bertz CT molecular complexity index is 549. The molecule has 2 heterocycles. The van der Waals surface area contributed by atoms with E-state index in [2.05, 4.69) is 5.32 Å². The Kier molecular flexibility index (Phi) is 4.03. The van der Waals surface area contributed by atoms with Crippen molar-refractivity contribution < 1.29 is 28.6 Å². The SMILES string of the molecule is CCOC(=O)[C@@]1(C)OC(=S)N[C@H]1C(=O)N1C(=O)OCC1(C)C. The predicted molar refractivity (Wildman–Crippen MR) is 77.9 cm³/mol. The summed E-state index contributed by atoms with van der Waals surface area (Å²) in [4.78, 5) is 37.7. The van der Waals surface area contributed by atoms with Crippen LogP contribution in [0.5, 0.6) is 0 Å². The zero-order valence-corrected chi connectivity index (χ0v) is 13.6. The van der Waals surface area contributed by atoms with Crippen LogP contribution >= 0.6 is 12.2 Å². The first-order chi connectivity index (χ1) is 10.1. The van der Waals surface area contributed by atoms with Crippen LogP contribution in [0.1, 0.15) is 27.7 Å². The Morgan fingerprint density at radius 2 is 2.09 bits per heavy atom. The standard InChI is InChI=1S/C13H18N2O6S/c1-5-19-9(17)13(4)7(14-10(22)21-13)8(16)15-11(18)20-6-12(15,2)3/h7H,5-6H2,1-4H3,(H,14,22)/t7-,13-/m0/s1. The van der Waals surface area contributed by atoms with Gasteiger partial charge in [0, 0.05) is 0 Å². The van der Waals surface area contributed by atoms with E-state index < -0.39 is 35.2 Å². The van der Waals surface area contributed by atoms with Gasteiger partial charge < -0.3 is 19.5 Å². The third kappa shape index (κ3) is 2.49. The van der Waals surface area contributed by atoms with Gasteiger partial charge in [0.05, 0.1) is 12.1 Å². The zero-order chi connectivity index (χ0) is 16.7. The summed E-state index contributed by atoms with van der Waals surface area (Å²) in [7, 11) is 0. The highest BCUT2D eigenvalue weighted by Crippen LogP contribution is 2.30. The molecule has 0 bridgehead atoms. The van der Waals surface area contributed by atoms with Crippen LogP contribution in [0.2, 0.25) is 0 Å². The van der Waals surface area contributed by atoms with Gasteiger partial charge in [-0.3, -0.25) is 4.79 Å². The average molecular weight is 330 g/mol. The largest absolute Gasteiger partial charge is 0.463 e. The normalized spacial score (nSPS) is 29.6. The van der Waals surface area contributed by atoms with E-state index in [1.54, 1.807) is 20.8 Å². The monoisotopic (exact) mass is 330 g/mol. The summed E-state index contributed by atoms with van der Waals surface area (Å²) in [6.45, 7) is 6.61. The van der Waals surface area contributed by atoms with Crippen molar-refractivity contribution in [1.82, 2.24) is 10.2 Å². The van der Waals surface area contributed by atoms with Gasteiger partial charge in [-0.2, -0.15) is 0 Å². The third-order valence-electron chi connectivity index (χ3n) is 3.60. The minimum atomic E-state index is -1.64. The minimum Gasteiger partial charge on any atom is -0.463 e. The summed E-state index contributed by atoms with van der Waals surface area (Å²) in [5, 5.41) is 2.53. The molecule has 22 heavy (non-hydrogen) atoms. The maximum absolute atomic E-state index is 12.8. The van der Waals surface area contributed by atoms with Gasteiger partial charge in [-0.05, 0) is 39.9 Å². The van der Waals surface area contributed by atoms with E-state index in [-0.39, 0.29) is 18.4 Å². The maximum atomic E-state index is 12.8. The zero-order valence-electron chi connectivity index (χ0n) is 12.8. The lowest BCUT2D eigenvalue weighted by molar-refractivity contribution is -0.164. The van der Waals surface area contributed by atoms with E-state index in [1.165, 1.54) is 6.92 Å². The summed E-state index contributed by atoms with van der Waals surface area (Å²) < 4.78 is 15.2. The van der Waals surface area contributed by atoms with Crippen molar-refractivity contribution in [3.8, 4) is 0 Å². The van der Waals surface area contributed by atoms with Crippen LogP contribution in [0.25, 0.3) is 0 Å². The van der Waals surface area contributed by atoms with Crippen molar-refractivity contribution in [2.45, 2.75) is 44.9 Å². The van der Waals surface area contributed by atoms with Gasteiger partial charge in [0.1, 0.15) is 6.61 Å². The molecule has 2 atom stereocenters. The molecule has 0 spiro atoms. The molecule has 8 nitrogen and oxygen atoms in total. The van der Waals surface area contributed by atoms with Crippen LogP contribution in [0.4, 0.5) is 4.79 Å². The smallest absolute Gasteiger partial charge is 0.417 e. The van der Waals surface area contributed by atoms with Crippen LogP contribution in [-0.4, -0.2) is 58.4 Å². The molecule has 0 unspecified atom stereocenters. The van der Waals surface area contributed by atoms with Crippen LogP contribution < -0.4 is 5.32 Å². The summed E-state index contributed by atoms with van der Waals surface area (Å²) in [6.07, 6.45) is -0.763.